The van der Waals surface area contributed by atoms with Gasteiger partial charge in [0.1, 0.15) is 0 Å². The summed E-state index contributed by atoms with van der Waals surface area (Å²) in [4.78, 5) is 0. The fraction of sp³-hybridized carbons (Fsp3) is 1.00. The Morgan fingerprint density at radius 1 is 1.00 bits per heavy atom. The van der Waals surface area contributed by atoms with Gasteiger partial charge in [-0.05, 0) is 32.4 Å². The third kappa shape index (κ3) is 7.88. The predicted octanol–water partition coefficient (Wildman–Crippen LogP) is 0.0907. The number of hydrogen-bond acceptors (Lipinski definition) is 3. The van der Waals surface area contributed by atoms with Gasteiger partial charge in [0.05, 0.1) is 0 Å². The van der Waals surface area contributed by atoms with E-state index in [4.69, 9.17) is 16.2 Å². The Kier molecular flexibility index (Phi) is 8.77. The Morgan fingerprint density at radius 3 is 1.60 bits per heavy atom. The fourth-order valence-electron chi connectivity index (χ4n) is 0.628. The van der Waals surface area contributed by atoms with Gasteiger partial charge in [-0.2, -0.15) is 0 Å². The van der Waals surface area contributed by atoms with E-state index in [0.717, 1.165) is 32.7 Å². The van der Waals surface area contributed by atoms with Gasteiger partial charge >= 0.3 is 0 Å². The van der Waals surface area contributed by atoms with Gasteiger partial charge in [0.2, 0.25) is 0 Å². The maximum Gasteiger partial charge on any atom is 0.0466 e. The summed E-state index contributed by atoms with van der Waals surface area (Å²) in [5.41, 5.74) is 10.1. The molecule has 0 bridgehead atoms. The van der Waals surface area contributed by atoms with Crippen molar-refractivity contribution < 1.29 is 4.74 Å². The summed E-state index contributed by atoms with van der Waals surface area (Å²) in [6.45, 7) is 3.44. The number of ether oxygens (including phenoxy) is 1. The van der Waals surface area contributed by atoms with E-state index in [9.17, 15) is 0 Å². The van der Waals surface area contributed by atoms with Crippen molar-refractivity contribution in [2.45, 2.75) is 19.3 Å². The molecule has 1 rings (SSSR count). The van der Waals surface area contributed by atoms with Gasteiger partial charge in [-0.25, -0.2) is 0 Å². The highest BCUT2D eigenvalue weighted by atomic mass is 16.5. The standard InChI is InChI=1S/C4H8O.C3H10N2/c1-2-4-5-3-1;4-2-1-3-5/h1-4H2;1-5H2. The van der Waals surface area contributed by atoms with Crippen LogP contribution in [0.3, 0.4) is 0 Å². The first-order valence-electron chi connectivity index (χ1n) is 3.89. The van der Waals surface area contributed by atoms with Crippen LogP contribution in [0.25, 0.3) is 0 Å². The van der Waals surface area contributed by atoms with Crippen molar-refractivity contribution in [1.29, 1.82) is 0 Å². The second kappa shape index (κ2) is 8.88. The highest BCUT2D eigenvalue weighted by Gasteiger charge is 1.94. The van der Waals surface area contributed by atoms with Crippen molar-refractivity contribution in [2.24, 2.45) is 11.5 Å². The summed E-state index contributed by atoms with van der Waals surface area (Å²) in [7, 11) is 0. The zero-order valence-corrected chi connectivity index (χ0v) is 6.51. The van der Waals surface area contributed by atoms with Crippen molar-refractivity contribution in [3.63, 3.8) is 0 Å². The zero-order chi connectivity index (χ0) is 7.66. The molecule has 3 heteroatoms. The van der Waals surface area contributed by atoms with Gasteiger partial charge in [-0.15, -0.1) is 0 Å². The summed E-state index contributed by atoms with van der Waals surface area (Å²) in [5.74, 6) is 0. The Morgan fingerprint density at radius 2 is 1.50 bits per heavy atom. The SMILES string of the molecule is C1CCOC1.NCCCN. The molecule has 4 N–H and O–H groups in total. The van der Waals surface area contributed by atoms with Gasteiger partial charge in [0.15, 0.2) is 0 Å². The average Bonchev–Trinajstić information content (AvgIpc) is 2.44. The van der Waals surface area contributed by atoms with Gasteiger partial charge in [0.25, 0.3) is 0 Å². The molecule has 1 saturated heterocycles. The molecule has 10 heavy (non-hydrogen) atoms. The fourth-order valence-corrected chi connectivity index (χ4v) is 0.628. The Bertz CT molecular complexity index is 46.0. The Balaban J connectivity index is 0.000000162. The quantitative estimate of drug-likeness (QED) is 0.580. The minimum atomic E-state index is 0.719. The van der Waals surface area contributed by atoms with Crippen LogP contribution in [0.1, 0.15) is 19.3 Å². The van der Waals surface area contributed by atoms with Crippen LogP contribution >= 0.6 is 0 Å². The molecule has 0 radical (unpaired) electrons. The molecule has 62 valence electrons. The van der Waals surface area contributed by atoms with Crippen LogP contribution in [-0.4, -0.2) is 26.3 Å². The third-order valence-corrected chi connectivity index (χ3v) is 1.24. The van der Waals surface area contributed by atoms with E-state index in [2.05, 4.69) is 0 Å². The minimum absolute atomic E-state index is 0.719. The smallest absolute Gasteiger partial charge is 0.0466 e. The molecule has 0 aromatic carbocycles. The van der Waals surface area contributed by atoms with Gasteiger partial charge in [0, 0.05) is 13.2 Å². The van der Waals surface area contributed by atoms with Crippen molar-refractivity contribution in [3.05, 3.63) is 0 Å². The summed E-state index contributed by atoms with van der Waals surface area (Å²) < 4.78 is 4.94. The van der Waals surface area contributed by atoms with E-state index >= 15 is 0 Å². The normalized spacial score (nSPS) is 16.2. The molecule has 1 fully saturated rings. The van der Waals surface area contributed by atoms with Crippen LogP contribution in [0.5, 0.6) is 0 Å². The summed E-state index contributed by atoms with van der Waals surface area (Å²) in [6, 6.07) is 0. The molecule has 0 spiro atoms. The number of hydrogen-bond donors (Lipinski definition) is 2. The molecule has 0 aliphatic carbocycles. The molecule has 0 saturated carbocycles. The molecule has 0 aromatic heterocycles. The first-order valence-corrected chi connectivity index (χ1v) is 3.89. The molecule has 1 aliphatic heterocycles. The van der Waals surface area contributed by atoms with Gasteiger partial charge in [-0.3, -0.25) is 0 Å². The Hall–Kier alpha value is -0.120. The van der Waals surface area contributed by atoms with Crippen LogP contribution in [0.2, 0.25) is 0 Å². The second-order valence-electron chi connectivity index (χ2n) is 2.25. The van der Waals surface area contributed by atoms with E-state index in [0.29, 0.717) is 0 Å². The van der Waals surface area contributed by atoms with E-state index in [-0.39, 0.29) is 0 Å². The van der Waals surface area contributed by atoms with E-state index in [1.54, 1.807) is 0 Å². The lowest BCUT2D eigenvalue weighted by atomic mass is 10.4. The maximum atomic E-state index is 5.06. The van der Waals surface area contributed by atoms with Crippen LogP contribution in [0, 0.1) is 0 Å². The maximum absolute atomic E-state index is 5.06. The van der Waals surface area contributed by atoms with Crippen LogP contribution in [0.15, 0.2) is 0 Å². The monoisotopic (exact) mass is 146 g/mol. The highest BCUT2D eigenvalue weighted by Crippen LogP contribution is 1.98. The lowest BCUT2D eigenvalue weighted by Gasteiger charge is -1.81. The first-order chi connectivity index (χ1) is 4.91. The molecule has 0 amide bonds. The second-order valence-corrected chi connectivity index (χ2v) is 2.25. The summed E-state index contributed by atoms with van der Waals surface area (Å²) in [6.07, 6.45) is 3.50. The number of nitrogens with two attached hydrogens (primary N) is 2. The minimum Gasteiger partial charge on any atom is -0.381 e. The van der Waals surface area contributed by atoms with Crippen LogP contribution in [-0.2, 0) is 4.74 Å². The van der Waals surface area contributed by atoms with Crippen molar-refractivity contribution >= 4 is 0 Å². The molecular weight excluding hydrogens is 128 g/mol. The van der Waals surface area contributed by atoms with E-state index in [1.807, 2.05) is 0 Å². The molecule has 1 heterocycles. The predicted molar refractivity (Wildman–Crippen MR) is 42.8 cm³/mol. The van der Waals surface area contributed by atoms with Crippen LogP contribution < -0.4 is 11.5 Å². The molecule has 0 atom stereocenters. The number of rotatable bonds is 2. The van der Waals surface area contributed by atoms with Crippen molar-refractivity contribution in [3.8, 4) is 0 Å². The summed E-state index contributed by atoms with van der Waals surface area (Å²) >= 11 is 0. The lowest BCUT2D eigenvalue weighted by Crippen LogP contribution is -2.06. The molecule has 0 unspecified atom stereocenters. The first kappa shape index (κ1) is 9.88. The third-order valence-electron chi connectivity index (χ3n) is 1.24. The molecule has 0 aromatic rings. The van der Waals surface area contributed by atoms with E-state index < -0.39 is 0 Å². The molecular formula is C7H18N2O. The van der Waals surface area contributed by atoms with Gasteiger partial charge in [-0.1, -0.05) is 0 Å². The molecule has 1 aliphatic rings. The van der Waals surface area contributed by atoms with E-state index in [1.165, 1.54) is 12.8 Å². The topological polar surface area (TPSA) is 61.3 Å². The van der Waals surface area contributed by atoms with Crippen molar-refractivity contribution in [2.75, 3.05) is 26.3 Å². The highest BCUT2D eigenvalue weighted by molar-refractivity contribution is 4.43. The molecule has 3 nitrogen and oxygen atoms in total. The van der Waals surface area contributed by atoms with Crippen LogP contribution in [0.4, 0.5) is 0 Å². The zero-order valence-electron chi connectivity index (χ0n) is 6.51. The lowest BCUT2D eigenvalue weighted by molar-refractivity contribution is 0.198. The largest absolute Gasteiger partial charge is 0.381 e. The van der Waals surface area contributed by atoms with Crippen molar-refractivity contribution in [1.82, 2.24) is 0 Å². The Labute approximate surface area is 62.7 Å². The van der Waals surface area contributed by atoms with Gasteiger partial charge < -0.3 is 16.2 Å². The average molecular weight is 146 g/mol. The summed E-state index contributed by atoms with van der Waals surface area (Å²) in [5, 5.41) is 0.